The lowest BCUT2D eigenvalue weighted by Crippen LogP contribution is -2.42. The maximum atomic E-state index is 12.8. The highest BCUT2D eigenvalue weighted by Gasteiger charge is 2.46. The zero-order valence-electron chi connectivity index (χ0n) is 16.0. The number of unbranched alkanes of at least 4 members (excludes halogenated alkanes) is 2. The molecule has 0 spiro atoms. The normalized spacial score (nSPS) is 11.1. The van der Waals surface area contributed by atoms with Gasteiger partial charge in [0.2, 0.25) is 0 Å². The monoisotopic (exact) mass is 350 g/mol. The van der Waals surface area contributed by atoms with Crippen molar-refractivity contribution in [2.24, 2.45) is 5.41 Å². The van der Waals surface area contributed by atoms with Crippen molar-refractivity contribution in [2.75, 3.05) is 13.7 Å². The summed E-state index contributed by atoms with van der Waals surface area (Å²) in [6.45, 7) is 7.90. The van der Waals surface area contributed by atoms with Gasteiger partial charge in [-0.15, -0.1) is 0 Å². The van der Waals surface area contributed by atoms with Crippen molar-refractivity contribution in [3.63, 3.8) is 0 Å². The zero-order valence-corrected chi connectivity index (χ0v) is 16.0. The van der Waals surface area contributed by atoms with Crippen LogP contribution in [-0.2, 0) is 14.3 Å². The van der Waals surface area contributed by atoms with Crippen LogP contribution in [0, 0.1) is 12.3 Å². The van der Waals surface area contributed by atoms with E-state index in [1.165, 1.54) is 7.11 Å². The number of hydrogen-bond donors (Lipinski definition) is 0. The molecule has 0 unspecified atom stereocenters. The van der Waals surface area contributed by atoms with Gasteiger partial charge in [-0.25, -0.2) is 0 Å². The van der Waals surface area contributed by atoms with Gasteiger partial charge in [-0.1, -0.05) is 39.7 Å². The van der Waals surface area contributed by atoms with Gasteiger partial charge in [0.15, 0.2) is 16.9 Å². The van der Waals surface area contributed by atoms with Crippen LogP contribution < -0.4 is 9.47 Å². The Morgan fingerprint density at radius 1 is 1.00 bits per heavy atom. The van der Waals surface area contributed by atoms with E-state index in [2.05, 4.69) is 6.92 Å². The molecule has 0 saturated heterocycles. The lowest BCUT2D eigenvalue weighted by Gasteiger charge is -2.27. The number of benzene rings is 1. The standard InChI is InChI=1S/C20H30O5/c1-6-9-10-13-24-18(21)20(7-2,8-3)19(22)25-17-14-15(4)11-12-16(17)23-5/h11-12,14H,6-10,13H2,1-5H3. The Bertz CT molecular complexity index is 575. The van der Waals surface area contributed by atoms with E-state index >= 15 is 0 Å². The molecule has 140 valence electrons. The molecular formula is C20H30O5. The van der Waals surface area contributed by atoms with Gasteiger partial charge in [-0.2, -0.15) is 0 Å². The Labute approximate surface area is 150 Å². The molecule has 0 bridgehead atoms. The highest BCUT2D eigenvalue weighted by atomic mass is 16.6. The van der Waals surface area contributed by atoms with E-state index in [1.54, 1.807) is 26.0 Å². The van der Waals surface area contributed by atoms with Crippen LogP contribution in [0.25, 0.3) is 0 Å². The molecule has 5 heteroatoms. The molecule has 1 rings (SSSR count). The van der Waals surface area contributed by atoms with Gasteiger partial charge in [0.1, 0.15) is 0 Å². The molecule has 0 aromatic heterocycles. The van der Waals surface area contributed by atoms with Crippen LogP contribution in [0.4, 0.5) is 0 Å². The third-order valence-corrected chi connectivity index (χ3v) is 4.49. The van der Waals surface area contributed by atoms with E-state index in [0.717, 1.165) is 24.8 Å². The average Bonchev–Trinajstić information content (AvgIpc) is 2.60. The Morgan fingerprint density at radius 3 is 2.24 bits per heavy atom. The summed E-state index contributed by atoms with van der Waals surface area (Å²) in [6.07, 6.45) is 3.47. The summed E-state index contributed by atoms with van der Waals surface area (Å²) in [5.41, 5.74) is -0.356. The van der Waals surface area contributed by atoms with Crippen LogP contribution in [-0.4, -0.2) is 25.7 Å². The second kappa shape index (κ2) is 10.1. The minimum atomic E-state index is -1.29. The largest absolute Gasteiger partial charge is 0.493 e. The first-order chi connectivity index (χ1) is 11.9. The van der Waals surface area contributed by atoms with Gasteiger partial charge in [-0.05, 0) is 43.9 Å². The van der Waals surface area contributed by atoms with Crippen molar-refractivity contribution in [3.8, 4) is 11.5 Å². The van der Waals surface area contributed by atoms with Crippen LogP contribution in [0.5, 0.6) is 11.5 Å². The second-order valence-corrected chi connectivity index (χ2v) is 6.18. The molecule has 0 fully saturated rings. The minimum Gasteiger partial charge on any atom is -0.493 e. The predicted molar refractivity (Wildman–Crippen MR) is 96.9 cm³/mol. The molecule has 0 saturated carbocycles. The van der Waals surface area contributed by atoms with Gasteiger partial charge in [0.25, 0.3) is 0 Å². The smallest absolute Gasteiger partial charge is 0.328 e. The van der Waals surface area contributed by atoms with Crippen molar-refractivity contribution >= 4 is 11.9 Å². The van der Waals surface area contributed by atoms with E-state index in [4.69, 9.17) is 14.2 Å². The molecule has 1 aromatic rings. The molecule has 0 heterocycles. The molecule has 0 radical (unpaired) electrons. The number of carbonyl (C=O) groups excluding carboxylic acids is 2. The molecule has 25 heavy (non-hydrogen) atoms. The number of methoxy groups -OCH3 is 1. The lowest BCUT2D eigenvalue weighted by atomic mass is 9.82. The maximum Gasteiger partial charge on any atom is 0.328 e. The molecular weight excluding hydrogens is 320 g/mol. The third-order valence-electron chi connectivity index (χ3n) is 4.49. The van der Waals surface area contributed by atoms with Crippen molar-refractivity contribution in [3.05, 3.63) is 23.8 Å². The lowest BCUT2D eigenvalue weighted by molar-refractivity contribution is -0.168. The second-order valence-electron chi connectivity index (χ2n) is 6.18. The quantitative estimate of drug-likeness (QED) is 0.270. The Kier molecular flexibility index (Phi) is 8.46. The van der Waals surface area contributed by atoms with E-state index in [9.17, 15) is 9.59 Å². The van der Waals surface area contributed by atoms with Gasteiger partial charge in [-0.3, -0.25) is 9.59 Å². The Morgan fingerprint density at radius 2 is 1.68 bits per heavy atom. The molecule has 0 aliphatic heterocycles. The topological polar surface area (TPSA) is 61.8 Å². The van der Waals surface area contributed by atoms with Gasteiger partial charge >= 0.3 is 11.9 Å². The van der Waals surface area contributed by atoms with Crippen LogP contribution >= 0.6 is 0 Å². The number of ether oxygens (including phenoxy) is 3. The summed E-state index contributed by atoms with van der Waals surface area (Å²) in [4.78, 5) is 25.4. The molecule has 0 N–H and O–H groups in total. The van der Waals surface area contributed by atoms with Crippen LogP contribution in [0.2, 0.25) is 0 Å². The predicted octanol–water partition coefficient (Wildman–Crippen LogP) is 4.45. The fourth-order valence-electron chi connectivity index (χ4n) is 2.63. The fourth-order valence-corrected chi connectivity index (χ4v) is 2.63. The van der Waals surface area contributed by atoms with Crippen molar-refractivity contribution in [1.82, 2.24) is 0 Å². The Hall–Kier alpha value is -2.04. The summed E-state index contributed by atoms with van der Waals surface area (Å²) in [7, 11) is 1.51. The van der Waals surface area contributed by atoms with Gasteiger partial charge in [0, 0.05) is 0 Å². The number of hydrogen-bond acceptors (Lipinski definition) is 5. The third kappa shape index (κ3) is 5.21. The van der Waals surface area contributed by atoms with E-state index in [0.29, 0.717) is 30.9 Å². The van der Waals surface area contributed by atoms with Gasteiger partial charge < -0.3 is 14.2 Å². The summed E-state index contributed by atoms with van der Waals surface area (Å²) in [5.74, 6) is -0.332. The first-order valence-electron chi connectivity index (χ1n) is 8.99. The molecule has 0 aliphatic rings. The summed E-state index contributed by atoms with van der Waals surface area (Å²) in [6, 6.07) is 5.32. The number of esters is 2. The van der Waals surface area contributed by atoms with Crippen LogP contribution in [0.3, 0.4) is 0 Å². The van der Waals surface area contributed by atoms with Crippen LogP contribution in [0.15, 0.2) is 18.2 Å². The molecule has 1 aromatic carbocycles. The highest BCUT2D eigenvalue weighted by Crippen LogP contribution is 2.34. The molecule has 5 nitrogen and oxygen atoms in total. The maximum absolute atomic E-state index is 12.8. The number of rotatable bonds is 10. The van der Waals surface area contributed by atoms with E-state index in [1.807, 2.05) is 13.0 Å². The Balaban J connectivity index is 2.95. The SMILES string of the molecule is CCCCCOC(=O)C(CC)(CC)C(=O)Oc1cc(C)ccc1OC. The minimum absolute atomic E-state index is 0.317. The average molecular weight is 350 g/mol. The van der Waals surface area contributed by atoms with E-state index in [-0.39, 0.29) is 0 Å². The van der Waals surface area contributed by atoms with Gasteiger partial charge in [0.05, 0.1) is 13.7 Å². The van der Waals surface area contributed by atoms with Crippen molar-refractivity contribution in [1.29, 1.82) is 0 Å². The number of carbonyl (C=O) groups is 2. The highest BCUT2D eigenvalue weighted by molar-refractivity contribution is 6.00. The number of aryl methyl sites for hydroxylation is 1. The summed E-state index contributed by atoms with van der Waals surface area (Å²) >= 11 is 0. The van der Waals surface area contributed by atoms with Crippen LogP contribution in [0.1, 0.15) is 58.4 Å². The summed E-state index contributed by atoms with van der Waals surface area (Å²) in [5, 5.41) is 0. The fraction of sp³-hybridized carbons (Fsp3) is 0.600. The zero-order chi connectivity index (χ0) is 18.9. The molecule has 0 amide bonds. The molecule has 0 atom stereocenters. The van der Waals surface area contributed by atoms with Crippen molar-refractivity contribution < 1.29 is 23.8 Å². The first kappa shape index (κ1) is 21.0. The van der Waals surface area contributed by atoms with Crippen molar-refractivity contribution in [2.45, 2.75) is 59.8 Å². The molecule has 0 aliphatic carbocycles. The van der Waals surface area contributed by atoms with E-state index < -0.39 is 17.4 Å². The first-order valence-corrected chi connectivity index (χ1v) is 8.99. The summed E-state index contributed by atoms with van der Waals surface area (Å²) < 4.78 is 16.1.